The number of imidazole rings is 1. The minimum Gasteiger partial charge on any atom is -0.490 e. The van der Waals surface area contributed by atoms with E-state index < -0.39 is 17.5 Å². The minimum absolute atomic E-state index is 0.0169. The van der Waals surface area contributed by atoms with Crippen LogP contribution in [0.1, 0.15) is 48.3 Å². The van der Waals surface area contributed by atoms with Crippen LogP contribution in [0.5, 0.6) is 11.6 Å². The van der Waals surface area contributed by atoms with E-state index in [4.69, 9.17) is 9.47 Å². The van der Waals surface area contributed by atoms with Crippen molar-refractivity contribution in [2.75, 3.05) is 13.2 Å². The molecule has 2 N–H and O–H groups in total. The standard InChI is InChI=1S/C25H21F3N6O3/c1-24(35)15-5-4-14(21-30-11-18(34-21)25(26,27)28)10-16(15)36-8-9-37-23-19(22-29-7-6-17(24)33-22)20(13-2-3-13)31-12-32-23/h4-7,10-13,35H,2-3,8-9H2,1H3,(H,30,34). The summed E-state index contributed by atoms with van der Waals surface area (Å²) in [6.07, 6.45) is 1.17. The molecule has 190 valence electrons. The Labute approximate surface area is 208 Å². The monoisotopic (exact) mass is 510 g/mol. The van der Waals surface area contributed by atoms with Crippen LogP contribution >= 0.6 is 0 Å². The molecule has 1 aliphatic carbocycles. The van der Waals surface area contributed by atoms with Gasteiger partial charge in [-0.3, -0.25) is 0 Å². The van der Waals surface area contributed by atoms with Crippen molar-refractivity contribution in [1.82, 2.24) is 29.9 Å². The number of H-pyrrole nitrogens is 1. The smallest absolute Gasteiger partial charge is 0.432 e. The number of aromatic nitrogens is 6. The summed E-state index contributed by atoms with van der Waals surface area (Å²) in [7, 11) is 0. The summed E-state index contributed by atoms with van der Waals surface area (Å²) >= 11 is 0. The second-order valence-corrected chi connectivity index (χ2v) is 9.10. The maximum atomic E-state index is 13.1. The second-order valence-electron chi connectivity index (χ2n) is 9.10. The van der Waals surface area contributed by atoms with Crippen LogP contribution in [0, 0.1) is 0 Å². The number of rotatable bonds is 2. The van der Waals surface area contributed by atoms with Gasteiger partial charge in [-0.05, 0) is 31.9 Å². The lowest BCUT2D eigenvalue weighted by Gasteiger charge is -2.27. The first-order chi connectivity index (χ1) is 17.7. The van der Waals surface area contributed by atoms with Crippen LogP contribution in [0.2, 0.25) is 0 Å². The van der Waals surface area contributed by atoms with Crippen molar-refractivity contribution >= 4 is 0 Å². The fourth-order valence-electron chi connectivity index (χ4n) is 4.35. The molecule has 0 amide bonds. The van der Waals surface area contributed by atoms with E-state index in [-0.39, 0.29) is 30.7 Å². The fourth-order valence-corrected chi connectivity index (χ4v) is 4.35. The quantitative estimate of drug-likeness (QED) is 0.411. The van der Waals surface area contributed by atoms with Gasteiger partial charge in [-0.1, -0.05) is 12.1 Å². The molecule has 0 spiro atoms. The molecule has 1 fully saturated rings. The first-order valence-corrected chi connectivity index (χ1v) is 11.7. The molecule has 4 aromatic rings. The molecule has 37 heavy (non-hydrogen) atoms. The number of alkyl halides is 3. The van der Waals surface area contributed by atoms with Crippen molar-refractivity contribution in [2.24, 2.45) is 0 Å². The predicted molar refractivity (Wildman–Crippen MR) is 124 cm³/mol. The van der Waals surface area contributed by atoms with E-state index >= 15 is 0 Å². The number of aliphatic hydroxyl groups is 1. The van der Waals surface area contributed by atoms with E-state index in [2.05, 4.69) is 29.9 Å². The predicted octanol–water partition coefficient (Wildman–Crippen LogP) is 4.25. The number of aromatic amines is 1. The molecule has 0 radical (unpaired) electrons. The van der Waals surface area contributed by atoms with Gasteiger partial charge in [0.25, 0.3) is 0 Å². The highest BCUT2D eigenvalue weighted by atomic mass is 19.4. The van der Waals surface area contributed by atoms with Crippen LogP contribution in [0.25, 0.3) is 22.8 Å². The van der Waals surface area contributed by atoms with Gasteiger partial charge in [-0.25, -0.2) is 24.9 Å². The van der Waals surface area contributed by atoms with E-state index in [1.54, 1.807) is 31.3 Å². The lowest BCUT2D eigenvalue weighted by Crippen LogP contribution is -2.26. The topological polar surface area (TPSA) is 119 Å². The molecule has 1 saturated carbocycles. The molecule has 2 bridgehead atoms. The van der Waals surface area contributed by atoms with E-state index in [9.17, 15) is 18.3 Å². The molecule has 3 aromatic heterocycles. The second kappa shape index (κ2) is 8.51. The molecule has 0 saturated heterocycles. The van der Waals surface area contributed by atoms with Gasteiger partial charge in [0.15, 0.2) is 5.82 Å². The highest BCUT2D eigenvalue weighted by molar-refractivity contribution is 5.66. The minimum atomic E-state index is -4.55. The summed E-state index contributed by atoms with van der Waals surface area (Å²) in [5.74, 6) is 1.20. The van der Waals surface area contributed by atoms with Crippen molar-refractivity contribution in [3.63, 3.8) is 0 Å². The van der Waals surface area contributed by atoms with Crippen LogP contribution in [0.3, 0.4) is 0 Å². The Morgan fingerprint density at radius 1 is 1.05 bits per heavy atom. The first-order valence-electron chi connectivity index (χ1n) is 11.7. The van der Waals surface area contributed by atoms with Crippen LogP contribution in [-0.2, 0) is 11.8 Å². The molecule has 6 rings (SSSR count). The third-order valence-corrected chi connectivity index (χ3v) is 6.42. The molecule has 1 aromatic carbocycles. The third-order valence-electron chi connectivity index (χ3n) is 6.42. The molecule has 1 unspecified atom stereocenters. The SMILES string of the molecule is CC1(O)c2ccnc(n2)-c2c(ncnc2C2CC2)OCCOc2cc(-c3ncc(C(F)(F)F)[nH]3)ccc21. The van der Waals surface area contributed by atoms with Crippen molar-refractivity contribution in [1.29, 1.82) is 0 Å². The van der Waals surface area contributed by atoms with Crippen LogP contribution in [-0.4, -0.2) is 48.2 Å². The Morgan fingerprint density at radius 3 is 2.62 bits per heavy atom. The van der Waals surface area contributed by atoms with Crippen molar-refractivity contribution in [2.45, 2.75) is 37.5 Å². The van der Waals surface area contributed by atoms with Crippen molar-refractivity contribution < 1.29 is 27.8 Å². The number of hydrogen-bond acceptors (Lipinski definition) is 8. The van der Waals surface area contributed by atoms with Gasteiger partial charge in [0, 0.05) is 23.2 Å². The maximum Gasteiger partial charge on any atom is 0.432 e. The molecule has 4 heterocycles. The van der Waals surface area contributed by atoms with E-state index in [0.717, 1.165) is 24.7 Å². The lowest BCUT2D eigenvalue weighted by atomic mass is 9.90. The fraction of sp³-hybridized carbons (Fsp3) is 0.320. The Bertz CT molecular complexity index is 1480. The average molecular weight is 510 g/mol. The number of nitrogens with one attached hydrogen (secondary N) is 1. The Balaban J connectivity index is 1.46. The zero-order valence-electron chi connectivity index (χ0n) is 19.6. The molecular formula is C25H21F3N6O3. The van der Waals surface area contributed by atoms with Gasteiger partial charge in [-0.2, -0.15) is 13.2 Å². The molecule has 12 heteroatoms. The highest BCUT2D eigenvalue weighted by Gasteiger charge is 2.36. The number of halogens is 3. The normalized spacial score (nSPS) is 19.5. The summed E-state index contributed by atoms with van der Waals surface area (Å²) in [5.41, 5.74) is -0.161. The number of fused-ring (bicyclic) bond motifs is 5. The largest absolute Gasteiger partial charge is 0.490 e. The van der Waals surface area contributed by atoms with Gasteiger partial charge in [0.05, 0.1) is 17.6 Å². The lowest BCUT2D eigenvalue weighted by molar-refractivity contribution is -0.140. The van der Waals surface area contributed by atoms with Gasteiger partial charge < -0.3 is 19.6 Å². The summed E-state index contributed by atoms with van der Waals surface area (Å²) in [5, 5.41) is 11.7. The Hall–Kier alpha value is -4.06. The van der Waals surface area contributed by atoms with E-state index in [1.165, 1.54) is 12.4 Å². The zero-order chi connectivity index (χ0) is 25.8. The summed E-state index contributed by atoms with van der Waals surface area (Å²) in [4.78, 5) is 24.0. The van der Waals surface area contributed by atoms with Crippen molar-refractivity contribution in [3.8, 4) is 34.4 Å². The number of ether oxygens (including phenoxy) is 2. The Kier molecular flexibility index (Phi) is 5.37. The van der Waals surface area contributed by atoms with Crippen LogP contribution in [0.4, 0.5) is 13.2 Å². The van der Waals surface area contributed by atoms with E-state index in [1.807, 2.05) is 0 Å². The van der Waals surface area contributed by atoms with Gasteiger partial charge in [-0.15, -0.1) is 0 Å². The van der Waals surface area contributed by atoms with Crippen molar-refractivity contribution in [3.05, 3.63) is 65.6 Å². The molecule has 9 nitrogen and oxygen atoms in total. The molecular weight excluding hydrogens is 489 g/mol. The number of hydrogen-bond donors (Lipinski definition) is 2. The Morgan fingerprint density at radius 2 is 1.86 bits per heavy atom. The molecule has 1 atom stereocenters. The van der Waals surface area contributed by atoms with Gasteiger partial charge >= 0.3 is 6.18 Å². The highest BCUT2D eigenvalue weighted by Crippen LogP contribution is 2.45. The zero-order valence-corrected chi connectivity index (χ0v) is 19.6. The maximum absolute atomic E-state index is 13.1. The average Bonchev–Trinajstić information content (AvgIpc) is 3.60. The number of benzene rings is 1. The summed E-state index contributed by atoms with van der Waals surface area (Å²) in [6.45, 7) is 1.76. The molecule has 1 aliphatic heterocycles. The summed E-state index contributed by atoms with van der Waals surface area (Å²) in [6, 6.07) is 6.27. The van der Waals surface area contributed by atoms with Gasteiger partial charge in [0.2, 0.25) is 5.88 Å². The van der Waals surface area contributed by atoms with Crippen LogP contribution < -0.4 is 9.47 Å². The van der Waals surface area contributed by atoms with Crippen LogP contribution in [0.15, 0.2) is 43.0 Å². The summed E-state index contributed by atoms with van der Waals surface area (Å²) < 4.78 is 51.1. The third kappa shape index (κ3) is 4.26. The van der Waals surface area contributed by atoms with Gasteiger partial charge in [0.1, 0.15) is 48.0 Å². The molecule has 2 aliphatic rings. The number of nitrogens with zero attached hydrogens (tertiary/aromatic N) is 5. The first kappa shape index (κ1) is 23.3. The van der Waals surface area contributed by atoms with E-state index in [0.29, 0.717) is 34.1 Å².